The first-order valence-electron chi connectivity index (χ1n) is 3.37. The quantitative estimate of drug-likeness (QED) is 0.734. The fraction of sp³-hybridized carbons (Fsp3) is 0.286. The maximum absolute atomic E-state index is 12.9. The predicted molar refractivity (Wildman–Crippen MR) is 37.9 cm³/mol. The van der Waals surface area contributed by atoms with E-state index in [2.05, 4.69) is 0 Å². The zero-order valence-corrected chi connectivity index (χ0v) is 6.35. The lowest BCUT2D eigenvalue weighted by Gasteiger charge is -2.03. The molecule has 0 fully saturated rings. The number of aliphatic hydroxyl groups is 1. The van der Waals surface area contributed by atoms with Gasteiger partial charge in [0.05, 0.1) is 6.61 Å². The number of aliphatic hydroxyl groups excluding tert-OH is 1. The van der Waals surface area contributed by atoms with E-state index in [9.17, 15) is 18.0 Å². The molecule has 0 spiro atoms. The summed E-state index contributed by atoms with van der Waals surface area (Å²) in [5.41, 5.74) is -2.76. The van der Waals surface area contributed by atoms with Gasteiger partial charge >= 0.3 is 0 Å². The summed E-state index contributed by atoms with van der Waals surface area (Å²) in [6, 6.07) is 0. The van der Waals surface area contributed by atoms with Gasteiger partial charge in [0, 0.05) is 11.8 Å². The highest BCUT2D eigenvalue weighted by atomic mass is 19.3. The second-order valence-electron chi connectivity index (χ2n) is 2.33. The SMILES string of the molecule is O=c1[nH]cc(CO)c(F)c1C(F)F. The van der Waals surface area contributed by atoms with Crippen LogP contribution in [0.3, 0.4) is 0 Å². The van der Waals surface area contributed by atoms with Crippen LogP contribution in [-0.4, -0.2) is 10.1 Å². The summed E-state index contributed by atoms with van der Waals surface area (Å²) < 4.78 is 37.1. The molecule has 3 nitrogen and oxygen atoms in total. The van der Waals surface area contributed by atoms with Crippen molar-refractivity contribution < 1.29 is 18.3 Å². The number of pyridine rings is 1. The lowest BCUT2D eigenvalue weighted by molar-refractivity contribution is 0.143. The number of rotatable bonds is 2. The van der Waals surface area contributed by atoms with Gasteiger partial charge in [-0.3, -0.25) is 4.79 Å². The molecule has 1 aromatic rings. The Labute approximate surface area is 70.8 Å². The summed E-state index contributed by atoms with van der Waals surface area (Å²) in [5.74, 6) is -1.35. The number of alkyl halides is 2. The van der Waals surface area contributed by atoms with E-state index in [1.807, 2.05) is 4.98 Å². The van der Waals surface area contributed by atoms with Crippen molar-refractivity contribution in [1.82, 2.24) is 4.98 Å². The van der Waals surface area contributed by atoms with Crippen LogP contribution in [0.4, 0.5) is 13.2 Å². The average Bonchev–Trinajstić information content (AvgIpc) is 2.04. The van der Waals surface area contributed by atoms with E-state index >= 15 is 0 Å². The molecule has 1 heterocycles. The van der Waals surface area contributed by atoms with Crippen molar-refractivity contribution in [3.05, 3.63) is 33.5 Å². The van der Waals surface area contributed by atoms with Crippen molar-refractivity contribution in [3.63, 3.8) is 0 Å². The zero-order chi connectivity index (χ0) is 10.0. The van der Waals surface area contributed by atoms with Gasteiger partial charge < -0.3 is 10.1 Å². The van der Waals surface area contributed by atoms with Gasteiger partial charge in [0.25, 0.3) is 12.0 Å². The molecule has 0 radical (unpaired) electrons. The minimum atomic E-state index is -3.18. The number of hydrogen-bond acceptors (Lipinski definition) is 2. The summed E-state index contributed by atoms with van der Waals surface area (Å²) in [7, 11) is 0. The van der Waals surface area contributed by atoms with Crippen LogP contribution < -0.4 is 5.56 Å². The molecule has 0 saturated heterocycles. The summed E-state index contributed by atoms with van der Waals surface area (Å²) in [6.07, 6.45) is -2.32. The second-order valence-corrected chi connectivity index (χ2v) is 2.33. The number of hydrogen-bond donors (Lipinski definition) is 2. The molecular formula is C7H6F3NO2. The van der Waals surface area contributed by atoms with Crippen molar-refractivity contribution in [2.75, 3.05) is 0 Å². The Balaban J connectivity index is 3.39. The first kappa shape index (κ1) is 9.79. The Bertz CT molecular complexity index is 361. The highest BCUT2D eigenvalue weighted by Crippen LogP contribution is 2.19. The molecule has 6 heteroatoms. The van der Waals surface area contributed by atoms with Gasteiger partial charge in [0.1, 0.15) is 11.4 Å². The van der Waals surface area contributed by atoms with E-state index in [0.717, 1.165) is 6.20 Å². The molecule has 13 heavy (non-hydrogen) atoms. The maximum Gasteiger partial charge on any atom is 0.272 e. The normalized spacial score (nSPS) is 10.8. The first-order valence-corrected chi connectivity index (χ1v) is 3.37. The van der Waals surface area contributed by atoms with Crippen LogP contribution in [0.25, 0.3) is 0 Å². The van der Waals surface area contributed by atoms with Crippen molar-refractivity contribution in [2.45, 2.75) is 13.0 Å². The Kier molecular flexibility index (Phi) is 2.72. The lowest BCUT2D eigenvalue weighted by atomic mass is 10.2. The standard InChI is InChI=1S/C7H6F3NO2/c8-5-3(2-12)1-11-7(13)4(5)6(9)10/h1,6,12H,2H2,(H,11,13). The molecule has 72 valence electrons. The average molecular weight is 193 g/mol. The van der Waals surface area contributed by atoms with Crippen LogP contribution in [0, 0.1) is 5.82 Å². The largest absolute Gasteiger partial charge is 0.392 e. The van der Waals surface area contributed by atoms with E-state index in [0.29, 0.717) is 0 Å². The first-order chi connectivity index (χ1) is 6.07. The molecule has 0 saturated carbocycles. The molecule has 0 atom stereocenters. The molecule has 0 aliphatic carbocycles. The molecule has 0 aromatic carbocycles. The molecule has 2 N–H and O–H groups in total. The van der Waals surface area contributed by atoms with Crippen molar-refractivity contribution >= 4 is 0 Å². The van der Waals surface area contributed by atoms with Gasteiger partial charge in [-0.1, -0.05) is 0 Å². The monoisotopic (exact) mass is 193 g/mol. The summed E-state index contributed by atoms with van der Waals surface area (Å²) in [5, 5.41) is 8.51. The Morgan fingerprint density at radius 3 is 2.62 bits per heavy atom. The molecular weight excluding hydrogens is 187 g/mol. The minimum absolute atomic E-state index is 0.352. The molecule has 0 aliphatic rings. The van der Waals surface area contributed by atoms with E-state index in [1.54, 1.807) is 0 Å². The smallest absolute Gasteiger partial charge is 0.272 e. The third-order valence-corrected chi connectivity index (χ3v) is 1.53. The van der Waals surface area contributed by atoms with E-state index in [-0.39, 0.29) is 5.56 Å². The molecule has 1 aromatic heterocycles. The topological polar surface area (TPSA) is 53.1 Å². The maximum atomic E-state index is 12.9. The number of halogens is 3. The van der Waals surface area contributed by atoms with E-state index < -0.39 is 30.0 Å². The fourth-order valence-corrected chi connectivity index (χ4v) is 0.876. The van der Waals surface area contributed by atoms with Gasteiger partial charge in [0.2, 0.25) is 0 Å². The number of H-pyrrole nitrogens is 1. The third kappa shape index (κ3) is 1.72. The van der Waals surface area contributed by atoms with Gasteiger partial charge in [-0.2, -0.15) is 0 Å². The zero-order valence-electron chi connectivity index (χ0n) is 6.35. The van der Waals surface area contributed by atoms with Crippen molar-refractivity contribution in [3.8, 4) is 0 Å². The van der Waals surface area contributed by atoms with E-state index in [4.69, 9.17) is 5.11 Å². The Morgan fingerprint density at radius 2 is 2.15 bits per heavy atom. The van der Waals surface area contributed by atoms with Gasteiger partial charge in [0.15, 0.2) is 0 Å². The summed E-state index contributed by atoms with van der Waals surface area (Å²) in [4.78, 5) is 12.6. The van der Waals surface area contributed by atoms with Crippen LogP contribution in [0.1, 0.15) is 17.6 Å². The van der Waals surface area contributed by atoms with Crippen LogP contribution in [0.2, 0.25) is 0 Å². The van der Waals surface area contributed by atoms with E-state index in [1.165, 1.54) is 0 Å². The van der Waals surface area contributed by atoms with Gasteiger partial charge in [-0.15, -0.1) is 0 Å². The number of nitrogens with one attached hydrogen (secondary N) is 1. The predicted octanol–water partition coefficient (Wildman–Crippen LogP) is 0.944. The summed E-state index contributed by atoms with van der Waals surface area (Å²) in [6.45, 7) is -0.734. The van der Waals surface area contributed by atoms with Gasteiger partial charge in [-0.05, 0) is 0 Å². The molecule has 1 rings (SSSR count). The van der Waals surface area contributed by atoms with Crippen molar-refractivity contribution in [1.29, 1.82) is 0 Å². The fourth-order valence-electron chi connectivity index (χ4n) is 0.876. The third-order valence-electron chi connectivity index (χ3n) is 1.53. The number of aromatic amines is 1. The van der Waals surface area contributed by atoms with Crippen LogP contribution in [0.15, 0.2) is 11.0 Å². The highest BCUT2D eigenvalue weighted by Gasteiger charge is 2.20. The Morgan fingerprint density at radius 1 is 1.54 bits per heavy atom. The van der Waals surface area contributed by atoms with Crippen LogP contribution in [-0.2, 0) is 6.61 Å². The highest BCUT2D eigenvalue weighted by molar-refractivity contribution is 5.21. The molecule has 0 bridgehead atoms. The van der Waals surface area contributed by atoms with Crippen molar-refractivity contribution in [2.24, 2.45) is 0 Å². The molecule has 0 amide bonds. The second kappa shape index (κ2) is 3.61. The minimum Gasteiger partial charge on any atom is -0.392 e. The van der Waals surface area contributed by atoms with Gasteiger partial charge in [-0.25, -0.2) is 13.2 Å². The molecule has 0 unspecified atom stereocenters. The van der Waals surface area contributed by atoms with Crippen LogP contribution in [0.5, 0.6) is 0 Å². The Hall–Kier alpha value is -1.30. The van der Waals surface area contributed by atoms with Crippen LogP contribution >= 0.6 is 0 Å². The summed E-state index contributed by atoms with van der Waals surface area (Å²) >= 11 is 0. The molecule has 0 aliphatic heterocycles. The lowest BCUT2D eigenvalue weighted by Crippen LogP contribution is -2.17. The number of aromatic nitrogens is 1.